The number of hydrogen-bond donors (Lipinski definition) is 1. The lowest BCUT2D eigenvalue weighted by Crippen LogP contribution is -2.27. The van der Waals surface area contributed by atoms with Crippen LogP contribution in [-0.4, -0.2) is 21.6 Å². The minimum absolute atomic E-state index is 0.0620. The Bertz CT molecular complexity index is 727. The molecule has 0 bridgehead atoms. The maximum Gasteiger partial charge on any atom is 0.240 e. The largest absolute Gasteiger partial charge is 0.494 e. The third kappa shape index (κ3) is 4.77. The highest BCUT2D eigenvalue weighted by molar-refractivity contribution is 7.89. The van der Waals surface area contributed by atoms with E-state index in [1.807, 2.05) is 13.8 Å². The molecule has 124 valence electrons. The van der Waals surface area contributed by atoms with Gasteiger partial charge in [-0.1, -0.05) is 19.1 Å². The molecule has 6 heteroatoms. The highest BCUT2D eigenvalue weighted by Gasteiger charge is 2.16. The normalized spacial score (nSPS) is 12.8. The summed E-state index contributed by atoms with van der Waals surface area (Å²) in [5.74, 6) is 0.259. The first-order chi connectivity index (χ1) is 10.9. The minimum atomic E-state index is -3.58. The lowest BCUT2D eigenvalue weighted by Gasteiger charge is -2.14. The van der Waals surface area contributed by atoms with Gasteiger partial charge in [0.05, 0.1) is 11.5 Å². The average molecular weight is 337 g/mol. The summed E-state index contributed by atoms with van der Waals surface area (Å²) in [6.07, 6.45) is 0. The van der Waals surface area contributed by atoms with E-state index in [1.54, 1.807) is 24.3 Å². The maximum atomic E-state index is 12.9. The van der Waals surface area contributed by atoms with Crippen molar-refractivity contribution in [1.29, 1.82) is 0 Å². The number of halogens is 1. The summed E-state index contributed by atoms with van der Waals surface area (Å²) < 4.78 is 45.3. The fourth-order valence-corrected chi connectivity index (χ4v) is 3.24. The van der Waals surface area contributed by atoms with E-state index < -0.39 is 10.0 Å². The molecule has 1 atom stereocenters. The van der Waals surface area contributed by atoms with Gasteiger partial charge in [-0.25, -0.2) is 17.5 Å². The Kier molecular flexibility index (Phi) is 5.74. The standard InChI is InChI=1S/C17H20FNO3S/c1-3-22-16-8-10-17(11-9-16)23(20,21)19-12-13(2)14-4-6-15(18)7-5-14/h4-11,13,19H,3,12H2,1-2H3. The fraction of sp³-hybridized carbons (Fsp3) is 0.294. The molecular formula is C17H20FNO3S. The molecule has 0 aliphatic carbocycles. The number of sulfonamides is 1. The third-order valence-electron chi connectivity index (χ3n) is 3.46. The quantitative estimate of drug-likeness (QED) is 0.843. The van der Waals surface area contributed by atoms with Crippen LogP contribution in [0.2, 0.25) is 0 Å². The van der Waals surface area contributed by atoms with Gasteiger partial charge in [-0.3, -0.25) is 0 Å². The Hall–Kier alpha value is -1.92. The predicted molar refractivity (Wildman–Crippen MR) is 87.6 cm³/mol. The summed E-state index contributed by atoms with van der Waals surface area (Å²) in [4.78, 5) is 0.187. The summed E-state index contributed by atoms with van der Waals surface area (Å²) in [6.45, 7) is 4.51. The summed E-state index contributed by atoms with van der Waals surface area (Å²) >= 11 is 0. The zero-order valence-corrected chi connectivity index (χ0v) is 13.9. The Labute approximate surface area is 136 Å². The van der Waals surface area contributed by atoms with E-state index in [1.165, 1.54) is 24.3 Å². The summed E-state index contributed by atoms with van der Waals surface area (Å²) in [5, 5.41) is 0. The Morgan fingerprint density at radius 1 is 1.09 bits per heavy atom. The minimum Gasteiger partial charge on any atom is -0.494 e. The SMILES string of the molecule is CCOc1ccc(S(=O)(=O)NCC(C)c2ccc(F)cc2)cc1. The predicted octanol–water partition coefficient (Wildman–Crippen LogP) is 3.31. The van der Waals surface area contributed by atoms with Crippen LogP contribution >= 0.6 is 0 Å². The average Bonchev–Trinajstić information content (AvgIpc) is 2.54. The first-order valence-corrected chi connectivity index (χ1v) is 8.88. The van der Waals surface area contributed by atoms with Crippen LogP contribution in [-0.2, 0) is 10.0 Å². The Balaban J connectivity index is 2.01. The second-order valence-electron chi connectivity index (χ2n) is 5.21. The number of benzene rings is 2. The second-order valence-corrected chi connectivity index (χ2v) is 6.98. The van der Waals surface area contributed by atoms with Crippen LogP contribution in [0.5, 0.6) is 5.75 Å². The topological polar surface area (TPSA) is 55.4 Å². The van der Waals surface area contributed by atoms with E-state index in [9.17, 15) is 12.8 Å². The van der Waals surface area contributed by atoms with E-state index in [0.29, 0.717) is 12.4 Å². The zero-order chi connectivity index (χ0) is 16.9. The van der Waals surface area contributed by atoms with Crippen molar-refractivity contribution >= 4 is 10.0 Å². The van der Waals surface area contributed by atoms with Crippen LogP contribution < -0.4 is 9.46 Å². The smallest absolute Gasteiger partial charge is 0.240 e. The molecule has 0 aromatic heterocycles. The molecule has 4 nitrogen and oxygen atoms in total. The van der Waals surface area contributed by atoms with Crippen LogP contribution in [0.15, 0.2) is 53.4 Å². The van der Waals surface area contributed by atoms with Crippen molar-refractivity contribution < 1.29 is 17.5 Å². The fourth-order valence-electron chi connectivity index (χ4n) is 2.11. The van der Waals surface area contributed by atoms with Gasteiger partial charge in [0, 0.05) is 6.54 Å². The molecule has 2 rings (SSSR count). The molecule has 2 aromatic carbocycles. The molecule has 0 aliphatic rings. The van der Waals surface area contributed by atoms with Crippen LogP contribution in [0.3, 0.4) is 0 Å². The molecule has 1 N–H and O–H groups in total. The third-order valence-corrected chi connectivity index (χ3v) is 4.90. The van der Waals surface area contributed by atoms with Gasteiger partial charge in [-0.05, 0) is 54.8 Å². The molecule has 0 heterocycles. The van der Waals surface area contributed by atoms with Gasteiger partial charge in [0.25, 0.3) is 0 Å². The highest BCUT2D eigenvalue weighted by Crippen LogP contribution is 2.18. The van der Waals surface area contributed by atoms with Crippen molar-refractivity contribution in [2.45, 2.75) is 24.7 Å². The van der Waals surface area contributed by atoms with Gasteiger partial charge in [-0.2, -0.15) is 0 Å². The molecule has 1 unspecified atom stereocenters. The monoisotopic (exact) mass is 337 g/mol. The molecule has 0 fully saturated rings. The van der Waals surface area contributed by atoms with Crippen molar-refractivity contribution in [3.05, 3.63) is 59.9 Å². The molecule has 0 amide bonds. The lowest BCUT2D eigenvalue weighted by atomic mass is 10.0. The van der Waals surface area contributed by atoms with Gasteiger partial charge >= 0.3 is 0 Å². The van der Waals surface area contributed by atoms with Crippen molar-refractivity contribution in [2.75, 3.05) is 13.2 Å². The van der Waals surface area contributed by atoms with Crippen LogP contribution in [0.1, 0.15) is 25.3 Å². The van der Waals surface area contributed by atoms with E-state index in [4.69, 9.17) is 4.74 Å². The van der Waals surface area contributed by atoms with E-state index in [0.717, 1.165) is 5.56 Å². The van der Waals surface area contributed by atoms with E-state index in [-0.39, 0.29) is 23.2 Å². The number of nitrogens with one attached hydrogen (secondary N) is 1. The molecule has 2 aromatic rings. The highest BCUT2D eigenvalue weighted by atomic mass is 32.2. The summed E-state index contributed by atoms with van der Waals surface area (Å²) in [7, 11) is -3.58. The number of rotatable bonds is 7. The number of ether oxygens (including phenoxy) is 1. The van der Waals surface area contributed by atoms with Crippen LogP contribution in [0.25, 0.3) is 0 Å². The molecular weight excluding hydrogens is 317 g/mol. The maximum absolute atomic E-state index is 12.9. The van der Waals surface area contributed by atoms with Crippen molar-refractivity contribution in [3.8, 4) is 5.75 Å². The molecule has 0 radical (unpaired) electrons. The van der Waals surface area contributed by atoms with Gasteiger partial charge in [0.1, 0.15) is 11.6 Å². The van der Waals surface area contributed by atoms with E-state index >= 15 is 0 Å². The first-order valence-electron chi connectivity index (χ1n) is 7.40. The molecule has 23 heavy (non-hydrogen) atoms. The van der Waals surface area contributed by atoms with Gasteiger partial charge in [0.15, 0.2) is 0 Å². The van der Waals surface area contributed by atoms with Gasteiger partial charge in [-0.15, -0.1) is 0 Å². The van der Waals surface area contributed by atoms with Crippen LogP contribution in [0, 0.1) is 5.82 Å². The van der Waals surface area contributed by atoms with E-state index in [2.05, 4.69) is 4.72 Å². The number of hydrogen-bond acceptors (Lipinski definition) is 3. The van der Waals surface area contributed by atoms with Crippen molar-refractivity contribution in [3.63, 3.8) is 0 Å². The lowest BCUT2D eigenvalue weighted by molar-refractivity contribution is 0.340. The van der Waals surface area contributed by atoms with Crippen LogP contribution in [0.4, 0.5) is 4.39 Å². The Morgan fingerprint density at radius 2 is 1.70 bits per heavy atom. The molecule has 0 spiro atoms. The van der Waals surface area contributed by atoms with Crippen molar-refractivity contribution in [2.24, 2.45) is 0 Å². The first kappa shape index (κ1) is 17.4. The molecule has 0 aliphatic heterocycles. The van der Waals surface area contributed by atoms with Gasteiger partial charge in [0.2, 0.25) is 10.0 Å². The molecule has 0 saturated heterocycles. The second kappa shape index (κ2) is 7.57. The molecule has 0 saturated carbocycles. The Morgan fingerprint density at radius 3 is 2.26 bits per heavy atom. The summed E-state index contributed by atoms with van der Waals surface area (Å²) in [5.41, 5.74) is 0.876. The summed E-state index contributed by atoms with van der Waals surface area (Å²) in [6, 6.07) is 12.3. The van der Waals surface area contributed by atoms with Crippen molar-refractivity contribution in [1.82, 2.24) is 4.72 Å². The zero-order valence-electron chi connectivity index (χ0n) is 13.1. The van der Waals surface area contributed by atoms with Gasteiger partial charge < -0.3 is 4.74 Å².